The fourth-order valence-corrected chi connectivity index (χ4v) is 2.95. The van der Waals surface area contributed by atoms with Crippen molar-refractivity contribution in [2.75, 3.05) is 0 Å². The predicted molar refractivity (Wildman–Crippen MR) is 105 cm³/mol. The number of amides is 1. The van der Waals surface area contributed by atoms with E-state index in [4.69, 9.17) is 0 Å². The average molecular weight is 436 g/mol. The number of rotatable bonds is 6. The number of ether oxygens (including phenoxy) is 1. The molecule has 1 aromatic carbocycles. The number of carbonyl (C=O) groups is 1. The van der Waals surface area contributed by atoms with E-state index in [1.54, 1.807) is 34.8 Å². The van der Waals surface area contributed by atoms with Crippen LogP contribution in [0.2, 0.25) is 0 Å². The molecule has 0 atom stereocenters. The van der Waals surface area contributed by atoms with Crippen LogP contribution < -0.4 is 4.74 Å². The van der Waals surface area contributed by atoms with Gasteiger partial charge in [0, 0.05) is 37.6 Å². The van der Waals surface area contributed by atoms with E-state index in [9.17, 15) is 22.4 Å². The molecule has 0 aliphatic rings. The summed E-state index contributed by atoms with van der Waals surface area (Å²) in [6.07, 6.45) is -0.326. The maximum absolute atomic E-state index is 14.1. The Morgan fingerprint density at radius 1 is 1.19 bits per heavy atom. The van der Waals surface area contributed by atoms with E-state index in [0.717, 1.165) is 17.7 Å². The van der Waals surface area contributed by atoms with Crippen LogP contribution in [-0.2, 0) is 13.6 Å². The Morgan fingerprint density at radius 2 is 1.94 bits per heavy atom. The van der Waals surface area contributed by atoms with Crippen LogP contribution in [-0.4, -0.2) is 37.7 Å². The van der Waals surface area contributed by atoms with Crippen molar-refractivity contribution in [3.63, 3.8) is 0 Å². The number of benzene rings is 1. The van der Waals surface area contributed by atoms with Gasteiger partial charge in [0.05, 0.1) is 12.0 Å². The third kappa shape index (κ3) is 5.59. The lowest BCUT2D eigenvalue weighted by atomic mass is 10.1. The number of nitrogens with zero attached hydrogens (tertiary/aromatic N) is 4. The lowest BCUT2D eigenvalue weighted by molar-refractivity contribution is -0.275. The number of pyridine rings is 1. The zero-order chi connectivity index (χ0) is 22.8. The number of hydrogen-bond acceptors (Lipinski definition) is 4. The second kappa shape index (κ2) is 8.75. The first-order chi connectivity index (χ1) is 14.5. The van der Waals surface area contributed by atoms with Gasteiger partial charge in [-0.25, -0.2) is 9.37 Å². The molecule has 0 bridgehead atoms. The molecule has 0 saturated carbocycles. The highest BCUT2D eigenvalue weighted by Gasteiger charge is 2.32. The molecule has 0 N–H and O–H groups in total. The van der Waals surface area contributed by atoms with Crippen molar-refractivity contribution in [3.8, 4) is 17.0 Å². The van der Waals surface area contributed by atoms with E-state index in [2.05, 4.69) is 14.7 Å². The molecule has 164 valence electrons. The molecule has 2 heterocycles. The molecule has 0 aliphatic carbocycles. The Kier molecular flexibility index (Phi) is 6.28. The second-order valence-corrected chi connectivity index (χ2v) is 7.19. The van der Waals surface area contributed by atoms with Crippen LogP contribution in [0.1, 0.15) is 29.9 Å². The van der Waals surface area contributed by atoms with Crippen molar-refractivity contribution in [2.45, 2.75) is 32.8 Å². The molecule has 1 amide bonds. The van der Waals surface area contributed by atoms with Crippen molar-refractivity contribution in [1.29, 1.82) is 0 Å². The van der Waals surface area contributed by atoms with Crippen LogP contribution in [0, 0.1) is 5.82 Å². The highest BCUT2D eigenvalue weighted by atomic mass is 19.4. The molecule has 3 rings (SSSR count). The molecule has 0 fully saturated rings. The summed E-state index contributed by atoms with van der Waals surface area (Å²) >= 11 is 0. The van der Waals surface area contributed by atoms with Gasteiger partial charge >= 0.3 is 6.36 Å². The summed E-state index contributed by atoms with van der Waals surface area (Å²) in [4.78, 5) is 22.7. The molecular formula is C21H20F4N4O2. The fourth-order valence-electron chi connectivity index (χ4n) is 2.95. The summed E-state index contributed by atoms with van der Waals surface area (Å²) in [5, 5.41) is 0. The number of carbonyl (C=O) groups excluding carboxylic acids is 1. The summed E-state index contributed by atoms with van der Waals surface area (Å²) in [5.74, 6) is -2.32. The van der Waals surface area contributed by atoms with E-state index in [1.165, 1.54) is 18.6 Å². The quantitative estimate of drug-likeness (QED) is 0.531. The molecule has 0 spiro atoms. The Morgan fingerprint density at radius 3 is 2.52 bits per heavy atom. The van der Waals surface area contributed by atoms with E-state index >= 15 is 0 Å². The summed E-state index contributed by atoms with van der Waals surface area (Å²) in [5.41, 5.74) is 1.66. The highest BCUT2D eigenvalue weighted by Crippen LogP contribution is 2.29. The normalized spacial score (nSPS) is 11.6. The van der Waals surface area contributed by atoms with Gasteiger partial charge in [0.15, 0.2) is 11.6 Å². The molecule has 0 aliphatic heterocycles. The van der Waals surface area contributed by atoms with Crippen LogP contribution >= 0.6 is 0 Å². The van der Waals surface area contributed by atoms with E-state index in [1.807, 2.05) is 13.8 Å². The standard InChI is InChI=1S/C21H20F4N4O2/c1-13(2)29(20(30)18-11-28(3)12-27-18)10-14-6-7-26-17(8-14)15-4-5-19(16(22)9-15)31-21(23,24)25/h4-9,11-13H,10H2,1-3H3. The van der Waals surface area contributed by atoms with Gasteiger partial charge in [-0.05, 0) is 49.7 Å². The Bertz CT molecular complexity index is 1080. The minimum atomic E-state index is -4.99. The van der Waals surface area contributed by atoms with E-state index in [-0.39, 0.29) is 24.1 Å². The average Bonchev–Trinajstić information content (AvgIpc) is 3.12. The van der Waals surface area contributed by atoms with E-state index < -0.39 is 17.9 Å². The van der Waals surface area contributed by atoms with Gasteiger partial charge in [-0.15, -0.1) is 13.2 Å². The smallest absolute Gasteiger partial charge is 0.403 e. The van der Waals surface area contributed by atoms with Crippen LogP contribution in [0.3, 0.4) is 0 Å². The molecule has 0 radical (unpaired) electrons. The van der Waals surface area contributed by atoms with Gasteiger partial charge in [-0.2, -0.15) is 0 Å². The SMILES string of the molecule is CC(C)N(Cc1ccnc(-c2ccc(OC(F)(F)F)c(F)c2)c1)C(=O)c1cn(C)cn1. The topological polar surface area (TPSA) is 60.3 Å². The van der Waals surface area contributed by atoms with Crippen molar-refractivity contribution in [1.82, 2.24) is 19.4 Å². The van der Waals surface area contributed by atoms with Gasteiger partial charge in [0.2, 0.25) is 0 Å². The first-order valence-corrected chi connectivity index (χ1v) is 9.33. The van der Waals surface area contributed by atoms with Crippen molar-refractivity contribution >= 4 is 5.91 Å². The number of alkyl halides is 3. The molecule has 2 aromatic heterocycles. The first kappa shape index (κ1) is 22.3. The third-order valence-corrected chi connectivity index (χ3v) is 4.44. The highest BCUT2D eigenvalue weighted by molar-refractivity contribution is 5.92. The van der Waals surface area contributed by atoms with Crippen molar-refractivity contribution < 1.29 is 27.1 Å². The molecule has 10 heteroatoms. The summed E-state index contributed by atoms with van der Waals surface area (Å²) in [6, 6.07) is 6.35. The summed E-state index contributed by atoms with van der Waals surface area (Å²) < 4.78 is 56.4. The maximum atomic E-state index is 14.1. The number of hydrogen-bond donors (Lipinski definition) is 0. The molecule has 0 saturated heterocycles. The zero-order valence-corrected chi connectivity index (χ0v) is 17.0. The minimum absolute atomic E-state index is 0.123. The molecule has 31 heavy (non-hydrogen) atoms. The van der Waals surface area contributed by atoms with Crippen LogP contribution in [0.4, 0.5) is 17.6 Å². The monoisotopic (exact) mass is 436 g/mol. The van der Waals surface area contributed by atoms with Crippen LogP contribution in [0.5, 0.6) is 5.75 Å². The molecular weight excluding hydrogens is 416 g/mol. The van der Waals surface area contributed by atoms with Crippen molar-refractivity contribution in [2.24, 2.45) is 7.05 Å². The van der Waals surface area contributed by atoms with Crippen LogP contribution in [0.15, 0.2) is 49.1 Å². The zero-order valence-electron chi connectivity index (χ0n) is 17.0. The number of halogens is 4. The van der Waals surface area contributed by atoms with Crippen LogP contribution in [0.25, 0.3) is 11.3 Å². The predicted octanol–water partition coefficient (Wildman–Crippen LogP) is 4.57. The van der Waals surface area contributed by atoms with Crippen molar-refractivity contribution in [3.05, 3.63) is 66.1 Å². The Labute approximate surface area is 176 Å². The van der Waals surface area contributed by atoms with Gasteiger partial charge in [-0.1, -0.05) is 0 Å². The Balaban J connectivity index is 1.84. The molecule has 3 aromatic rings. The van der Waals surface area contributed by atoms with Gasteiger partial charge < -0.3 is 14.2 Å². The first-order valence-electron chi connectivity index (χ1n) is 9.33. The molecule has 0 unspecified atom stereocenters. The minimum Gasteiger partial charge on any atom is -0.403 e. The largest absolute Gasteiger partial charge is 0.573 e. The second-order valence-electron chi connectivity index (χ2n) is 7.19. The Hall–Kier alpha value is -3.43. The number of aryl methyl sites for hydroxylation is 1. The number of aromatic nitrogens is 3. The van der Waals surface area contributed by atoms with Gasteiger partial charge in [0.1, 0.15) is 5.69 Å². The fraction of sp³-hybridized carbons (Fsp3) is 0.286. The lowest BCUT2D eigenvalue weighted by Crippen LogP contribution is -2.36. The summed E-state index contributed by atoms with van der Waals surface area (Å²) in [6.45, 7) is 4.00. The van der Waals surface area contributed by atoms with E-state index in [0.29, 0.717) is 11.4 Å². The molecule has 6 nitrogen and oxygen atoms in total. The maximum Gasteiger partial charge on any atom is 0.573 e. The summed E-state index contributed by atoms with van der Waals surface area (Å²) in [7, 11) is 1.77. The van der Waals surface area contributed by atoms with Gasteiger partial charge in [-0.3, -0.25) is 9.78 Å². The van der Waals surface area contributed by atoms with Gasteiger partial charge in [0.25, 0.3) is 5.91 Å². The third-order valence-electron chi connectivity index (χ3n) is 4.44. The lowest BCUT2D eigenvalue weighted by Gasteiger charge is -2.26. The number of imidazole rings is 1.